The number of carbonyl (C=O) groups is 1. The lowest BCUT2D eigenvalue weighted by atomic mass is 9.83. The molecule has 0 saturated carbocycles. The highest BCUT2D eigenvalue weighted by Crippen LogP contribution is 2.47. The van der Waals surface area contributed by atoms with E-state index in [0.717, 1.165) is 24.8 Å². The van der Waals surface area contributed by atoms with E-state index in [9.17, 15) is 15.0 Å². The second-order valence-electron chi connectivity index (χ2n) is 21.4. The molecule has 0 bridgehead atoms. The Kier molecular flexibility index (Phi) is 17.4. The molecule has 12 nitrogen and oxygen atoms in total. The van der Waals surface area contributed by atoms with E-state index in [-0.39, 0.29) is 60.0 Å². The summed E-state index contributed by atoms with van der Waals surface area (Å²) >= 11 is 0. The first-order valence-electron chi connectivity index (χ1n) is 22.4. The summed E-state index contributed by atoms with van der Waals surface area (Å²) in [7, 11) is -3.12. The van der Waals surface area contributed by atoms with Crippen LogP contribution in [0.1, 0.15) is 126 Å². The number of carboxylic acid groups (broad SMARTS) is 1. The van der Waals surface area contributed by atoms with Crippen molar-refractivity contribution in [1.29, 1.82) is 0 Å². The molecule has 0 unspecified atom stereocenters. The van der Waals surface area contributed by atoms with Crippen LogP contribution in [0.3, 0.4) is 0 Å². The molecule has 9 atom stereocenters. The highest BCUT2D eigenvalue weighted by Gasteiger charge is 2.55. The van der Waals surface area contributed by atoms with Crippen LogP contribution in [0.2, 0.25) is 36.3 Å². The summed E-state index contributed by atoms with van der Waals surface area (Å²) < 4.78 is 59.6. The van der Waals surface area contributed by atoms with E-state index in [1.54, 1.807) is 7.11 Å². The maximum atomic E-state index is 12.9. The number of aliphatic carboxylic acids is 1. The Labute approximate surface area is 364 Å². The standard InChI is InChI=1S/C46H82O12Si2/c1-42(2,3)59(12,13)57-36(22-21-33-27-34(53-44(7,8)52-33)24-26-51-31-32-19-17-16-18-20-32)38-28-35(54-45(9,10)55-38)29-46(50-11)30-39(58-60(14,15)43(4,5)6)40(41(48)49)37(56-46)23-25-47/h16-20,33-40,47H,21-31H2,1-15H3,(H,48,49)/t33-,34+,35+,36-,37+,38-,39+,40+,46-/m1/s1. The fraction of sp³-hybridized carbons (Fsp3) is 0.848. The number of carboxylic acids is 1. The van der Waals surface area contributed by atoms with Gasteiger partial charge in [-0.3, -0.25) is 4.79 Å². The summed E-state index contributed by atoms with van der Waals surface area (Å²) in [5, 5.41) is 20.4. The molecule has 1 aromatic carbocycles. The molecule has 3 aliphatic heterocycles. The SMILES string of the molecule is CO[C@@]1(C[C@@H]2C[C@H]([C@@H](CC[C@@H]3C[C@H](CCOCc4ccccc4)OC(C)(C)O3)O[Si](C)(C)C(C)(C)C)OC(C)(C)O2)C[C@H](O[Si](C)(C)C(C)(C)C)[C@@H](C(=O)O)[C@H](CCO)O1. The predicted octanol–water partition coefficient (Wildman–Crippen LogP) is 9.58. The maximum Gasteiger partial charge on any atom is 0.311 e. The molecule has 0 aliphatic carbocycles. The van der Waals surface area contributed by atoms with Crippen molar-refractivity contribution in [2.75, 3.05) is 20.3 Å². The zero-order valence-corrected chi connectivity index (χ0v) is 41.8. The Morgan fingerprint density at radius 2 is 1.40 bits per heavy atom. The molecule has 3 fully saturated rings. The smallest absolute Gasteiger partial charge is 0.311 e. The van der Waals surface area contributed by atoms with Gasteiger partial charge in [0.25, 0.3) is 0 Å². The van der Waals surface area contributed by atoms with Crippen molar-refractivity contribution in [3.63, 3.8) is 0 Å². The van der Waals surface area contributed by atoms with Crippen molar-refractivity contribution in [2.24, 2.45) is 5.92 Å². The van der Waals surface area contributed by atoms with Crippen molar-refractivity contribution in [3.05, 3.63) is 35.9 Å². The summed E-state index contributed by atoms with van der Waals surface area (Å²) in [6.45, 7) is 30.8. The Balaban J connectivity index is 1.56. The molecule has 346 valence electrons. The molecular formula is C46H82O12Si2. The van der Waals surface area contributed by atoms with Crippen LogP contribution in [-0.2, 0) is 53.4 Å². The number of aliphatic hydroxyl groups excluding tert-OH is 1. The monoisotopic (exact) mass is 883 g/mol. The van der Waals surface area contributed by atoms with Crippen molar-refractivity contribution in [2.45, 2.75) is 224 Å². The van der Waals surface area contributed by atoms with E-state index in [0.29, 0.717) is 32.5 Å². The zero-order valence-electron chi connectivity index (χ0n) is 39.8. The molecule has 0 radical (unpaired) electrons. The van der Waals surface area contributed by atoms with Gasteiger partial charge in [-0.1, -0.05) is 71.9 Å². The number of methoxy groups -OCH3 is 1. The minimum Gasteiger partial charge on any atom is -0.481 e. The molecule has 1 aromatic rings. The molecule has 2 N–H and O–H groups in total. The van der Waals surface area contributed by atoms with Crippen LogP contribution in [0.4, 0.5) is 0 Å². The lowest BCUT2D eigenvalue weighted by Gasteiger charge is -2.52. The van der Waals surface area contributed by atoms with Gasteiger partial charge in [0.2, 0.25) is 0 Å². The van der Waals surface area contributed by atoms with Gasteiger partial charge >= 0.3 is 5.97 Å². The Hall–Kier alpha value is -1.28. The van der Waals surface area contributed by atoms with Crippen molar-refractivity contribution >= 4 is 22.6 Å². The van der Waals surface area contributed by atoms with Crippen LogP contribution in [0.25, 0.3) is 0 Å². The zero-order chi connectivity index (χ0) is 45.0. The second kappa shape index (κ2) is 20.3. The molecule has 3 aliphatic rings. The normalized spacial score (nSPS) is 30.8. The number of ether oxygens (including phenoxy) is 7. The topological polar surface area (TPSA) is 141 Å². The van der Waals surface area contributed by atoms with Gasteiger partial charge in [-0.2, -0.15) is 0 Å². The number of aliphatic hydroxyl groups is 1. The van der Waals surface area contributed by atoms with Crippen molar-refractivity contribution in [1.82, 2.24) is 0 Å². The molecule has 4 rings (SSSR count). The largest absolute Gasteiger partial charge is 0.481 e. The molecule has 0 spiro atoms. The van der Waals surface area contributed by atoms with Gasteiger partial charge in [0.1, 0.15) is 5.92 Å². The first kappa shape index (κ1) is 51.4. The fourth-order valence-corrected chi connectivity index (χ4v) is 11.1. The van der Waals surface area contributed by atoms with Gasteiger partial charge in [-0.05, 0) is 95.2 Å². The molecule has 0 amide bonds. The maximum absolute atomic E-state index is 12.9. The van der Waals surface area contributed by atoms with Gasteiger partial charge in [-0.25, -0.2) is 0 Å². The van der Waals surface area contributed by atoms with E-state index in [4.69, 9.17) is 42.0 Å². The lowest BCUT2D eigenvalue weighted by molar-refractivity contribution is -0.346. The fourth-order valence-electron chi connectivity index (χ4n) is 8.40. The first-order chi connectivity index (χ1) is 27.6. The quantitative estimate of drug-likeness (QED) is 0.101. The average molecular weight is 883 g/mol. The Morgan fingerprint density at radius 1 is 0.817 bits per heavy atom. The summed E-state index contributed by atoms with van der Waals surface area (Å²) in [6, 6.07) is 10.2. The summed E-state index contributed by atoms with van der Waals surface area (Å²) in [5.41, 5.74) is 1.15. The van der Waals surface area contributed by atoms with Gasteiger partial charge in [0.15, 0.2) is 34.0 Å². The third-order valence-electron chi connectivity index (χ3n) is 13.5. The summed E-state index contributed by atoms with van der Waals surface area (Å²) in [5.74, 6) is -4.89. The third kappa shape index (κ3) is 14.1. The van der Waals surface area contributed by atoms with E-state index in [1.807, 2.05) is 45.9 Å². The Bertz CT molecular complexity index is 1490. The molecule has 60 heavy (non-hydrogen) atoms. The molecule has 3 saturated heterocycles. The molecule has 0 aromatic heterocycles. The second-order valence-corrected chi connectivity index (χ2v) is 31.0. The predicted molar refractivity (Wildman–Crippen MR) is 238 cm³/mol. The van der Waals surface area contributed by atoms with E-state index < -0.39 is 58.1 Å². The summed E-state index contributed by atoms with van der Waals surface area (Å²) in [6.07, 6.45) is 1.67. The molecule has 14 heteroatoms. The minimum absolute atomic E-state index is 0.00233. The van der Waals surface area contributed by atoms with Crippen LogP contribution in [0.15, 0.2) is 30.3 Å². The van der Waals surface area contributed by atoms with Gasteiger partial charge in [0, 0.05) is 46.0 Å². The van der Waals surface area contributed by atoms with Crippen LogP contribution >= 0.6 is 0 Å². The van der Waals surface area contributed by atoms with Gasteiger partial charge in [0.05, 0.1) is 49.3 Å². The van der Waals surface area contributed by atoms with Gasteiger partial charge in [-0.15, -0.1) is 0 Å². The number of hydrogen-bond donors (Lipinski definition) is 2. The van der Waals surface area contributed by atoms with E-state index >= 15 is 0 Å². The van der Waals surface area contributed by atoms with Gasteiger partial charge < -0.3 is 52.2 Å². The summed E-state index contributed by atoms with van der Waals surface area (Å²) in [4.78, 5) is 12.9. The van der Waals surface area contributed by atoms with Crippen LogP contribution in [0, 0.1) is 5.92 Å². The number of rotatable bonds is 19. The molecular weight excluding hydrogens is 801 g/mol. The van der Waals surface area contributed by atoms with Crippen molar-refractivity contribution < 1.29 is 57.0 Å². The number of hydrogen-bond acceptors (Lipinski definition) is 11. The molecule has 3 heterocycles. The first-order valence-corrected chi connectivity index (χ1v) is 28.2. The highest BCUT2D eigenvalue weighted by atomic mass is 28.4. The highest BCUT2D eigenvalue weighted by molar-refractivity contribution is 6.74. The average Bonchev–Trinajstić information content (AvgIpc) is 3.09. The minimum atomic E-state index is -2.43. The Morgan fingerprint density at radius 3 is 1.97 bits per heavy atom. The van der Waals surface area contributed by atoms with E-state index in [2.05, 4.69) is 79.9 Å². The lowest BCUT2D eigenvalue weighted by Crippen LogP contribution is -2.61. The van der Waals surface area contributed by atoms with Crippen LogP contribution in [-0.4, -0.2) is 113 Å². The number of benzene rings is 1. The van der Waals surface area contributed by atoms with Crippen LogP contribution in [0.5, 0.6) is 0 Å². The van der Waals surface area contributed by atoms with Crippen molar-refractivity contribution in [3.8, 4) is 0 Å². The third-order valence-corrected chi connectivity index (χ3v) is 22.5. The van der Waals surface area contributed by atoms with E-state index in [1.165, 1.54) is 0 Å². The van der Waals surface area contributed by atoms with Crippen LogP contribution < -0.4 is 0 Å².